The Bertz CT molecular complexity index is 1140. The van der Waals surface area contributed by atoms with Crippen molar-refractivity contribution in [2.24, 2.45) is 0 Å². The van der Waals surface area contributed by atoms with E-state index in [9.17, 15) is 18.7 Å². The Morgan fingerprint density at radius 1 is 1.10 bits per heavy atom. The van der Waals surface area contributed by atoms with Crippen LogP contribution in [-0.4, -0.2) is 63.1 Å². The van der Waals surface area contributed by atoms with Gasteiger partial charge in [-0.1, -0.05) is 0 Å². The molecule has 1 aliphatic carbocycles. The molecule has 1 saturated heterocycles. The lowest BCUT2D eigenvalue weighted by atomic mass is 10.1. The predicted molar refractivity (Wildman–Crippen MR) is 110 cm³/mol. The maximum absolute atomic E-state index is 14.1. The molecule has 1 amide bonds. The fourth-order valence-electron chi connectivity index (χ4n) is 3.69. The number of pyridine rings is 1. The van der Waals surface area contributed by atoms with Gasteiger partial charge < -0.3 is 20.2 Å². The number of fused-ring (bicyclic) bond motifs is 1. The van der Waals surface area contributed by atoms with Gasteiger partial charge in [0.15, 0.2) is 11.6 Å². The molecule has 31 heavy (non-hydrogen) atoms. The highest BCUT2D eigenvalue weighted by Gasteiger charge is 2.30. The summed E-state index contributed by atoms with van der Waals surface area (Å²) in [6.07, 6.45) is 5.51. The minimum Gasteiger partial charge on any atom is -0.507 e. The molecule has 0 spiro atoms. The summed E-state index contributed by atoms with van der Waals surface area (Å²) in [5, 5.41) is 13.3. The minimum absolute atomic E-state index is 0.296. The summed E-state index contributed by atoms with van der Waals surface area (Å²) in [6, 6.07) is 3.53. The molecule has 0 unspecified atom stereocenters. The van der Waals surface area contributed by atoms with Gasteiger partial charge in [0.25, 0.3) is 5.91 Å². The van der Waals surface area contributed by atoms with Gasteiger partial charge in [-0.3, -0.25) is 9.78 Å². The molecule has 10 heteroatoms. The molecule has 0 radical (unpaired) electrons. The van der Waals surface area contributed by atoms with Crippen LogP contribution in [0.5, 0.6) is 5.75 Å². The number of nitrogens with one attached hydrogen (secondary N) is 1. The molecule has 3 aromatic rings. The van der Waals surface area contributed by atoms with E-state index in [4.69, 9.17) is 9.97 Å². The standard InChI is InChI=1S/C21H20F2N6O2/c22-12-9-14(23)18(17(30)10-12)21(31)29-7-5-28(6-8-29)20-19(25-13-1-2-13)26-15-3-4-24-11-16(15)27-20/h3-4,9-11,13,30H,1-2,5-8H2,(H,25,26). The average Bonchev–Trinajstić information content (AvgIpc) is 3.57. The van der Waals surface area contributed by atoms with Crippen LogP contribution >= 0.6 is 0 Å². The van der Waals surface area contributed by atoms with Gasteiger partial charge in [-0.25, -0.2) is 18.7 Å². The highest BCUT2D eigenvalue weighted by Crippen LogP contribution is 2.31. The van der Waals surface area contributed by atoms with Gasteiger partial charge in [-0.15, -0.1) is 0 Å². The minimum atomic E-state index is -1.08. The van der Waals surface area contributed by atoms with Crippen LogP contribution in [0.4, 0.5) is 20.4 Å². The SMILES string of the molecule is O=C(c1c(O)cc(F)cc1F)N1CCN(c2nc3cnccc3nc2NC2CC2)CC1. The summed E-state index contributed by atoms with van der Waals surface area (Å²) >= 11 is 0. The maximum Gasteiger partial charge on any atom is 0.260 e. The number of hydrogen-bond donors (Lipinski definition) is 2. The number of hydrogen-bond acceptors (Lipinski definition) is 7. The van der Waals surface area contributed by atoms with E-state index < -0.39 is 28.9 Å². The number of amides is 1. The first kappa shape index (κ1) is 19.4. The zero-order valence-corrected chi connectivity index (χ0v) is 16.6. The van der Waals surface area contributed by atoms with Crippen molar-refractivity contribution in [3.05, 3.63) is 47.8 Å². The van der Waals surface area contributed by atoms with Crippen LogP contribution in [0.2, 0.25) is 0 Å². The third-order valence-electron chi connectivity index (χ3n) is 5.48. The number of benzene rings is 1. The van der Waals surface area contributed by atoms with Crippen LogP contribution in [-0.2, 0) is 0 Å². The van der Waals surface area contributed by atoms with Gasteiger partial charge in [0, 0.05) is 50.6 Å². The molecule has 0 atom stereocenters. The third kappa shape index (κ3) is 3.80. The molecule has 1 saturated carbocycles. The van der Waals surface area contributed by atoms with E-state index >= 15 is 0 Å². The fourth-order valence-corrected chi connectivity index (χ4v) is 3.69. The van der Waals surface area contributed by atoms with E-state index in [1.54, 1.807) is 12.4 Å². The summed E-state index contributed by atoms with van der Waals surface area (Å²) in [5.74, 6) is -1.99. The zero-order chi connectivity index (χ0) is 21.5. The summed E-state index contributed by atoms with van der Waals surface area (Å²) in [7, 11) is 0. The van der Waals surface area contributed by atoms with Crippen LogP contribution in [0, 0.1) is 11.6 Å². The maximum atomic E-state index is 14.1. The van der Waals surface area contributed by atoms with Crippen LogP contribution in [0.3, 0.4) is 0 Å². The molecule has 5 rings (SSSR count). The summed E-state index contributed by atoms with van der Waals surface area (Å²) in [6.45, 7) is 1.50. The van der Waals surface area contributed by atoms with Crippen molar-refractivity contribution in [1.82, 2.24) is 19.9 Å². The molecule has 2 N–H and O–H groups in total. The number of piperazine rings is 1. The molecule has 2 aliphatic rings. The normalized spacial score (nSPS) is 16.6. The van der Waals surface area contributed by atoms with Gasteiger partial charge >= 0.3 is 0 Å². The largest absolute Gasteiger partial charge is 0.507 e. The molecule has 1 aliphatic heterocycles. The van der Waals surface area contributed by atoms with E-state index in [2.05, 4.69) is 10.3 Å². The number of carbonyl (C=O) groups is 1. The van der Waals surface area contributed by atoms with Crippen LogP contribution in [0.15, 0.2) is 30.6 Å². The Labute approximate surface area is 176 Å². The monoisotopic (exact) mass is 426 g/mol. The summed E-state index contributed by atoms with van der Waals surface area (Å²) in [4.78, 5) is 29.8. The molecule has 2 aromatic heterocycles. The van der Waals surface area contributed by atoms with Gasteiger partial charge in [0.05, 0.1) is 11.7 Å². The lowest BCUT2D eigenvalue weighted by Gasteiger charge is -2.36. The molecule has 0 bridgehead atoms. The second kappa shape index (κ2) is 7.60. The fraction of sp³-hybridized carbons (Fsp3) is 0.333. The van der Waals surface area contributed by atoms with E-state index in [0.29, 0.717) is 55.4 Å². The number of phenols is 1. The number of anilines is 2. The molecule has 3 heterocycles. The number of aromatic nitrogens is 3. The van der Waals surface area contributed by atoms with Crippen molar-refractivity contribution in [3.63, 3.8) is 0 Å². The summed E-state index contributed by atoms with van der Waals surface area (Å²) in [5.41, 5.74) is 0.913. The smallest absolute Gasteiger partial charge is 0.260 e. The molecule has 8 nitrogen and oxygen atoms in total. The Balaban J connectivity index is 1.37. The first-order valence-electron chi connectivity index (χ1n) is 10.1. The third-order valence-corrected chi connectivity index (χ3v) is 5.48. The Hall–Kier alpha value is -3.56. The van der Waals surface area contributed by atoms with E-state index in [1.165, 1.54) is 4.90 Å². The number of aromatic hydroxyl groups is 1. The molecule has 160 valence electrons. The Kier molecular flexibility index (Phi) is 4.76. The number of carbonyl (C=O) groups excluding carboxylic acids is 1. The lowest BCUT2D eigenvalue weighted by molar-refractivity contribution is 0.0738. The molecular weight excluding hydrogens is 406 g/mol. The van der Waals surface area contributed by atoms with Crippen molar-refractivity contribution >= 4 is 28.6 Å². The van der Waals surface area contributed by atoms with Gasteiger partial charge in [-0.2, -0.15) is 0 Å². The van der Waals surface area contributed by atoms with Gasteiger partial charge in [-0.05, 0) is 18.9 Å². The quantitative estimate of drug-likeness (QED) is 0.662. The van der Waals surface area contributed by atoms with Crippen molar-refractivity contribution in [2.75, 3.05) is 36.4 Å². The van der Waals surface area contributed by atoms with Crippen molar-refractivity contribution < 1.29 is 18.7 Å². The lowest BCUT2D eigenvalue weighted by Crippen LogP contribution is -2.49. The van der Waals surface area contributed by atoms with Crippen LogP contribution in [0.25, 0.3) is 11.0 Å². The van der Waals surface area contributed by atoms with E-state index in [1.807, 2.05) is 11.0 Å². The first-order chi connectivity index (χ1) is 15.0. The number of halogens is 2. The van der Waals surface area contributed by atoms with Crippen molar-refractivity contribution in [1.29, 1.82) is 0 Å². The van der Waals surface area contributed by atoms with E-state index in [-0.39, 0.29) is 0 Å². The number of nitrogens with zero attached hydrogens (tertiary/aromatic N) is 5. The molecule has 1 aromatic carbocycles. The second-order valence-corrected chi connectivity index (χ2v) is 7.74. The highest BCUT2D eigenvalue weighted by molar-refractivity contribution is 5.97. The summed E-state index contributed by atoms with van der Waals surface area (Å²) < 4.78 is 27.3. The van der Waals surface area contributed by atoms with Crippen LogP contribution < -0.4 is 10.2 Å². The number of rotatable bonds is 4. The predicted octanol–water partition coefficient (Wildman–Crippen LogP) is 2.55. The van der Waals surface area contributed by atoms with Gasteiger partial charge in [0.2, 0.25) is 0 Å². The van der Waals surface area contributed by atoms with Gasteiger partial charge in [0.1, 0.15) is 28.5 Å². The first-order valence-corrected chi connectivity index (χ1v) is 10.1. The second-order valence-electron chi connectivity index (χ2n) is 7.74. The topological polar surface area (TPSA) is 94.5 Å². The average molecular weight is 426 g/mol. The van der Waals surface area contributed by atoms with Crippen LogP contribution in [0.1, 0.15) is 23.2 Å². The molecular formula is C21H20F2N6O2. The number of phenolic OH excluding ortho intramolecular Hbond substituents is 1. The van der Waals surface area contributed by atoms with Crippen molar-refractivity contribution in [2.45, 2.75) is 18.9 Å². The molecule has 2 fully saturated rings. The van der Waals surface area contributed by atoms with Crippen molar-refractivity contribution in [3.8, 4) is 5.75 Å². The van der Waals surface area contributed by atoms with E-state index in [0.717, 1.165) is 24.4 Å². The zero-order valence-electron chi connectivity index (χ0n) is 16.6. The Morgan fingerprint density at radius 2 is 1.87 bits per heavy atom. The Morgan fingerprint density at radius 3 is 2.58 bits per heavy atom. The highest BCUT2D eigenvalue weighted by atomic mass is 19.1.